The third-order valence-electron chi connectivity index (χ3n) is 2.99. The minimum absolute atomic E-state index is 0.409. The molecule has 0 radical (unpaired) electrons. The van der Waals surface area contributed by atoms with Crippen LogP contribution in [0.1, 0.15) is 42.4 Å². The van der Waals surface area contributed by atoms with E-state index in [0.29, 0.717) is 5.92 Å². The largest absolute Gasteiger partial charge is 0.347 e. The predicted octanol–water partition coefficient (Wildman–Crippen LogP) is 4.16. The summed E-state index contributed by atoms with van der Waals surface area (Å²) in [5.41, 5.74) is 3.53. The molecule has 1 aromatic heterocycles. The van der Waals surface area contributed by atoms with Gasteiger partial charge in [0.25, 0.3) is 0 Å². The van der Waals surface area contributed by atoms with Crippen LogP contribution in [0.4, 0.5) is 0 Å². The van der Waals surface area contributed by atoms with Crippen LogP contribution in [0, 0.1) is 11.6 Å². The summed E-state index contributed by atoms with van der Waals surface area (Å²) in [5, 5.41) is 0. The minimum Gasteiger partial charge on any atom is -0.347 e. The maximum atomic E-state index is 5.39. The SMILES string of the molecule is Cc1[nH]c(Cc2ccccc2)nc(=S)c1C(C)C. The first kappa shape index (κ1) is 13.0. The monoisotopic (exact) mass is 258 g/mol. The van der Waals surface area contributed by atoms with Gasteiger partial charge >= 0.3 is 0 Å². The Kier molecular flexibility index (Phi) is 3.92. The zero-order valence-electron chi connectivity index (χ0n) is 11.0. The van der Waals surface area contributed by atoms with E-state index in [4.69, 9.17) is 12.2 Å². The van der Waals surface area contributed by atoms with Crippen molar-refractivity contribution in [3.63, 3.8) is 0 Å². The molecule has 0 spiro atoms. The highest BCUT2D eigenvalue weighted by molar-refractivity contribution is 7.71. The summed E-state index contributed by atoms with van der Waals surface area (Å²) in [6.45, 7) is 6.36. The summed E-state index contributed by atoms with van der Waals surface area (Å²) in [6, 6.07) is 10.3. The van der Waals surface area contributed by atoms with E-state index >= 15 is 0 Å². The van der Waals surface area contributed by atoms with Crippen LogP contribution < -0.4 is 0 Å². The van der Waals surface area contributed by atoms with Gasteiger partial charge in [-0.1, -0.05) is 56.4 Å². The minimum atomic E-state index is 0.409. The number of aryl methyl sites for hydroxylation is 1. The number of hydrogen-bond acceptors (Lipinski definition) is 2. The standard InChI is InChI=1S/C15H18N2S/c1-10(2)14-11(3)16-13(17-15(14)18)9-12-7-5-4-6-8-12/h4-8,10H,9H2,1-3H3,(H,16,17,18). The first-order valence-electron chi connectivity index (χ1n) is 6.21. The summed E-state index contributed by atoms with van der Waals surface area (Å²) in [4.78, 5) is 7.88. The normalized spacial score (nSPS) is 10.9. The molecule has 2 rings (SSSR count). The van der Waals surface area contributed by atoms with E-state index in [9.17, 15) is 0 Å². The van der Waals surface area contributed by atoms with E-state index in [1.165, 1.54) is 5.56 Å². The second-order valence-corrected chi connectivity index (χ2v) is 5.23. The van der Waals surface area contributed by atoms with Gasteiger partial charge in [-0.25, -0.2) is 4.98 Å². The lowest BCUT2D eigenvalue weighted by Crippen LogP contribution is -2.05. The van der Waals surface area contributed by atoms with E-state index in [2.05, 4.69) is 42.9 Å². The number of nitrogens with zero attached hydrogens (tertiary/aromatic N) is 1. The van der Waals surface area contributed by atoms with Crippen molar-refractivity contribution in [2.75, 3.05) is 0 Å². The van der Waals surface area contributed by atoms with Gasteiger partial charge in [0, 0.05) is 17.7 Å². The Hall–Kier alpha value is -1.48. The zero-order chi connectivity index (χ0) is 13.1. The van der Waals surface area contributed by atoms with Crippen molar-refractivity contribution in [2.45, 2.75) is 33.1 Å². The van der Waals surface area contributed by atoms with Gasteiger partial charge in [0.2, 0.25) is 0 Å². The van der Waals surface area contributed by atoms with Crippen molar-refractivity contribution in [1.29, 1.82) is 0 Å². The van der Waals surface area contributed by atoms with Crippen LogP contribution in [0.25, 0.3) is 0 Å². The predicted molar refractivity (Wildman–Crippen MR) is 77.5 cm³/mol. The molecule has 0 atom stereocenters. The molecule has 0 saturated heterocycles. The van der Waals surface area contributed by atoms with Crippen molar-refractivity contribution in [1.82, 2.24) is 9.97 Å². The number of benzene rings is 1. The lowest BCUT2D eigenvalue weighted by Gasteiger charge is -2.11. The van der Waals surface area contributed by atoms with Crippen LogP contribution in [0.3, 0.4) is 0 Å². The van der Waals surface area contributed by atoms with Crippen molar-refractivity contribution in [3.05, 3.63) is 57.6 Å². The smallest absolute Gasteiger partial charge is 0.133 e. The topological polar surface area (TPSA) is 28.7 Å². The van der Waals surface area contributed by atoms with E-state index in [-0.39, 0.29) is 0 Å². The van der Waals surface area contributed by atoms with Crippen molar-refractivity contribution in [3.8, 4) is 0 Å². The highest BCUT2D eigenvalue weighted by Gasteiger charge is 2.09. The quantitative estimate of drug-likeness (QED) is 0.837. The second-order valence-electron chi connectivity index (χ2n) is 4.84. The Bertz CT molecular complexity index is 585. The molecule has 0 unspecified atom stereocenters. The third kappa shape index (κ3) is 2.85. The first-order chi connectivity index (χ1) is 8.58. The number of aromatic nitrogens is 2. The van der Waals surface area contributed by atoms with Gasteiger partial charge in [-0.2, -0.15) is 0 Å². The maximum absolute atomic E-state index is 5.39. The molecule has 1 N–H and O–H groups in total. The Morgan fingerprint density at radius 1 is 1.22 bits per heavy atom. The molecule has 0 aliphatic rings. The van der Waals surface area contributed by atoms with Gasteiger partial charge < -0.3 is 4.98 Å². The highest BCUT2D eigenvalue weighted by Crippen LogP contribution is 2.18. The van der Waals surface area contributed by atoms with Gasteiger partial charge in [-0.15, -0.1) is 0 Å². The molecular formula is C15H18N2S. The van der Waals surface area contributed by atoms with Gasteiger partial charge in [0.15, 0.2) is 0 Å². The van der Waals surface area contributed by atoms with E-state index in [1.54, 1.807) is 0 Å². The summed E-state index contributed by atoms with van der Waals surface area (Å²) >= 11 is 5.39. The first-order valence-corrected chi connectivity index (χ1v) is 6.62. The molecule has 1 heterocycles. The van der Waals surface area contributed by atoms with Gasteiger partial charge in [-0.05, 0) is 18.4 Å². The molecular weight excluding hydrogens is 240 g/mol. The molecule has 0 aliphatic heterocycles. The Morgan fingerprint density at radius 2 is 1.89 bits per heavy atom. The van der Waals surface area contributed by atoms with Crippen molar-refractivity contribution in [2.24, 2.45) is 0 Å². The molecule has 2 aromatic rings. The molecule has 0 aliphatic carbocycles. The molecule has 0 saturated carbocycles. The Labute approximate surface area is 113 Å². The number of rotatable bonds is 3. The molecule has 0 bridgehead atoms. The van der Waals surface area contributed by atoms with E-state index in [1.807, 2.05) is 18.2 Å². The number of aromatic amines is 1. The molecule has 1 aromatic carbocycles. The van der Waals surface area contributed by atoms with E-state index < -0.39 is 0 Å². The van der Waals surface area contributed by atoms with Crippen LogP contribution in [0.5, 0.6) is 0 Å². The second kappa shape index (κ2) is 5.44. The number of H-pyrrole nitrogens is 1. The van der Waals surface area contributed by atoms with Crippen LogP contribution >= 0.6 is 12.2 Å². The fraction of sp³-hybridized carbons (Fsp3) is 0.333. The average Bonchev–Trinajstić information content (AvgIpc) is 2.28. The summed E-state index contributed by atoms with van der Waals surface area (Å²) in [6.07, 6.45) is 0.795. The lowest BCUT2D eigenvalue weighted by molar-refractivity contribution is 0.803. The molecule has 3 heteroatoms. The van der Waals surface area contributed by atoms with Crippen LogP contribution in [0.15, 0.2) is 30.3 Å². The molecule has 0 amide bonds. The fourth-order valence-corrected chi connectivity index (χ4v) is 2.71. The van der Waals surface area contributed by atoms with E-state index in [0.717, 1.165) is 28.1 Å². The fourth-order valence-electron chi connectivity index (χ4n) is 2.21. The van der Waals surface area contributed by atoms with Gasteiger partial charge in [0.05, 0.1) is 0 Å². The molecule has 18 heavy (non-hydrogen) atoms. The average molecular weight is 258 g/mol. The van der Waals surface area contributed by atoms with Crippen molar-refractivity contribution < 1.29 is 0 Å². The third-order valence-corrected chi connectivity index (χ3v) is 3.31. The lowest BCUT2D eigenvalue weighted by atomic mass is 10.0. The Balaban J connectivity index is 2.35. The van der Waals surface area contributed by atoms with Gasteiger partial charge in [-0.3, -0.25) is 0 Å². The van der Waals surface area contributed by atoms with Crippen LogP contribution in [0.2, 0.25) is 0 Å². The highest BCUT2D eigenvalue weighted by atomic mass is 32.1. The molecule has 0 fully saturated rings. The number of nitrogens with one attached hydrogen (secondary N) is 1. The van der Waals surface area contributed by atoms with Crippen molar-refractivity contribution >= 4 is 12.2 Å². The summed E-state index contributed by atoms with van der Waals surface area (Å²) in [7, 11) is 0. The molecule has 94 valence electrons. The van der Waals surface area contributed by atoms with Crippen LogP contribution in [-0.2, 0) is 6.42 Å². The number of hydrogen-bond donors (Lipinski definition) is 1. The Morgan fingerprint density at radius 3 is 2.44 bits per heavy atom. The summed E-state index contributed by atoms with van der Waals surface area (Å²) in [5.74, 6) is 1.35. The van der Waals surface area contributed by atoms with Gasteiger partial charge in [0.1, 0.15) is 10.5 Å². The molecule has 2 nitrogen and oxygen atoms in total. The summed E-state index contributed by atoms with van der Waals surface area (Å²) < 4.78 is 0.729. The van der Waals surface area contributed by atoms with Crippen LogP contribution in [-0.4, -0.2) is 9.97 Å². The zero-order valence-corrected chi connectivity index (χ0v) is 11.8. The maximum Gasteiger partial charge on any atom is 0.133 e.